The van der Waals surface area contributed by atoms with Gasteiger partial charge in [0.2, 0.25) is 0 Å². The molecule has 0 saturated carbocycles. The molecule has 0 bridgehead atoms. The molecular formula is C21H23Cl2N3O2S. The van der Waals surface area contributed by atoms with Crippen LogP contribution in [0, 0.1) is 34.6 Å². The van der Waals surface area contributed by atoms with E-state index in [0.29, 0.717) is 44.0 Å². The Kier molecular flexibility index (Phi) is 5.99. The van der Waals surface area contributed by atoms with Crippen LogP contribution in [0.2, 0.25) is 10.0 Å². The summed E-state index contributed by atoms with van der Waals surface area (Å²) < 4.78 is 30.7. The second-order valence-electron chi connectivity index (χ2n) is 7.29. The van der Waals surface area contributed by atoms with E-state index in [0.717, 1.165) is 16.8 Å². The second kappa shape index (κ2) is 8.01. The lowest BCUT2D eigenvalue weighted by Gasteiger charge is -2.14. The van der Waals surface area contributed by atoms with Gasteiger partial charge >= 0.3 is 0 Å². The van der Waals surface area contributed by atoms with Gasteiger partial charge in [-0.3, -0.25) is 9.40 Å². The van der Waals surface area contributed by atoms with Gasteiger partial charge in [-0.2, -0.15) is 5.10 Å². The quantitative estimate of drug-likeness (QED) is 0.550. The molecule has 3 aromatic rings. The Morgan fingerprint density at radius 2 is 1.59 bits per heavy atom. The predicted octanol–water partition coefficient (Wildman–Crippen LogP) is 5.58. The van der Waals surface area contributed by atoms with Gasteiger partial charge in [-0.05, 0) is 63.4 Å². The zero-order valence-corrected chi connectivity index (χ0v) is 19.3. The third-order valence-corrected chi connectivity index (χ3v) is 7.20. The third kappa shape index (κ3) is 4.44. The molecule has 0 fully saturated rings. The van der Waals surface area contributed by atoms with Crippen LogP contribution in [0.15, 0.2) is 35.2 Å². The molecule has 5 nitrogen and oxygen atoms in total. The van der Waals surface area contributed by atoms with E-state index in [4.69, 9.17) is 23.2 Å². The fraction of sp³-hybridized carbons (Fsp3) is 0.286. The second-order valence-corrected chi connectivity index (χ2v) is 9.72. The van der Waals surface area contributed by atoms with Crippen LogP contribution < -0.4 is 4.72 Å². The maximum absolute atomic E-state index is 13.1. The summed E-state index contributed by atoms with van der Waals surface area (Å²) in [7, 11) is -3.75. The van der Waals surface area contributed by atoms with Crippen molar-refractivity contribution in [2.75, 3.05) is 4.72 Å². The molecule has 154 valence electrons. The molecule has 0 aliphatic carbocycles. The van der Waals surface area contributed by atoms with Crippen molar-refractivity contribution in [2.24, 2.45) is 0 Å². The predicted molar refractivity (Wildman–Crippen MR) is 119 cm³/mol. The average Bonchev–Trinajstić information content (AvgIpc) is 2.84. The van der Waals surface area contributed by atoms with E-state index in [1.54, 1.807) is 23.7 Å². The smallest absolute Gasteiger partial charge is 0.262 e. The van der Waals surface area contributed by atoms with Gasteiger partial charge in [0, 0.05) is 0 Å². The zero-order valence-electron chi connectivity index (χ0n) is 17.0. The molecular weight excluding hydrogens is 429 g/mol. The van der Waals surface area contributed by atoms with Crippen molar-refractivity contribution in [1.29, 1.82) is 0 Å². The Labute approximate surface area is 181 Å². The van der Waals surface area contributed by atoms with Gasteiger partial charge in [-0.15, -0.1) is 0 Å². The Hall–Kier alpha value is -2.02. The van der Waals surface area contributed by atoms with E-state index >= 15 is 0 Å². The van der Waals surface area contributed by atoms with Crippen molar-refractivity contribution in [3.63, 3.8) is 0 Å². The Balaban J connectivity index is 1.95. The number of aromatic nitrogens is 2. The third-order valence-electron chi connectivity index (χ3n) is 4.81. The highest BCUT2D eigenvalue weighted by Gasteiger charge is 2.23. The summed E-state index contributed by atoms with van der Waals surface area (Å²) in [5.74, 6) is 0. The highest BCUT2D eigenvalue weighted by Crippen LogP contribution is 2.28. The van der Waals surface area contributed by atoms with Crippen LogP contribution in [-0.2, 0) is 16.6 Å². The summed E-state index contributed by atoms with van der Waals surface area (Å²) in [6.45, 7) is 9.64. The van der Waals surface area contributed by atoms with Crippen molar-refractivity contribution < 1.29 is 8.42 Å². The fourth-order valence-corrected chi connectivity index (χ4v) is 5.54. The van der Waals surface area contributed by atoms with E-state index in [1.807, 2.05) is 45.9 Å². The largest absolute Gasteiger partial charge is 0.276 e. The van der Waals surface area contributed by atoms with E-state index in [9.17, 15) is 8.42 Å². The van der Waals surface area contributed by atoms with Crippen LogP contribution in [0.5, 0.6) is 0 Å². The summed E-state index contributed by atoms with van der Waals surface area (Å²) in [6.07, 6.45) is 0. The summed E-state index contributed by atoms with van der Waals surface area (Å²) in [4.78, 5) is 0.305. The zero-order chi connectivity index (χ0) is 21.5. The van der Waals surface area contributed by atoms with Crippen LogP contribution in [0.1, 0.15) is 33.6 Å². The molecule has 2 aromatic carbocycles. The minimum Gasteiger partial charge on any atom is -0.276 e. The minimum atomic E-state index is -3.75. The summed E-state index contributed by atoms with van der Waals surface area (Å²) in [6, 6.07) is 9.12. The van der Waals surface area contributed by atoms with Gasteiger partial charge < -0.3 is 0 Å². The lowest BCUT2D eigenvalue weighted by Crippen LogP contribution is -2.17. The van der Waals surface area contributed by atoms with Crippen molar-refractivity contribution in [2.45, 2.75) is 46.1 Å². The molecule has 1 N–H and O–H groups in total. The molecule has 0 unspecified atom stereocenters. The summed E-state index contributed by atoms with van der Waals surface area (Å²) >= 11 is 12.1. The first-order valence-corrected chi connectivity index (χ1v) is 11.3. The van der Waals surface area contributed by atoms with Gasteiger partial charge in [-0.1, -0.05) is 47.0 Å². The van der Waals surface area contributed by atoms with Crippen LogP contribution in [0.25, 0.3) is 0 Å². The number of nitrogens with one attached hydrogen (secondary N) is 1. The molecule has 29 heavy (non-hydrogen) atoms. The van der Waals surface area contributed by atoms with Crippen molar-refractivity contribution in [1.82, 2.24) is 9.78 Å². The average molecular weight is 452 g/mol. The topological polar surface area (TPSA) is 64.0 Å². The maximum Gasteiger partial charge on any atom is 0.262 e. The van der Waals surface area contributed by atoms with E-state index in [-0.39, 0.29) is 0 Å². The molecule has 0 amide bonds. The molecule has 1 aromatic heterocycles. The van der Waals surface area contributed by atoms with Gasteiger partial charge in [0.1, 0.15) is 0 Å². The number of nitrogens with zero attached hydrogens (tertiary/aromatic N) is 2. The normalized spacial score (nSPS) is 11.7. The lowest BCUT2D eigenvalue weighted by atomic mass is 10.1. The van der Waals surface area contributed by atoms with Gasteiger partial charge in [0.05, 0.1) is 38.6 Å². The van der Waals surface area contributed by atoms with Crippen molar-refractivity contribution in [3.8, 4) is 0 Å². The lowest BCUT2D eigenvalue weighted by molar-refractivity contribution is 0.600. The molecule has 0 aliphatic heterocycles. The first-order chi connectivity index (χ1) is 13.5. The highest BCUT2D eigenvalue weighted by molar-refractivity contribution is 7.92. The number of benzene rings is 2. The number of anilines is 1. The standard InChI is InChI=1S/C21H23Cl2N3O2S/c1-12-8-13(2)21(14(3)9-12)29(27,28)25-20-15(4)24-26(16(20)5)11-17-6-7-18(22)19(23)10-17/h6-10,25H,11H2,1-5H3. The first kappa shape index (κ1) is 21.7. The number of halogens is 2. The van der Waals surface area contributed by atoms with E-state index < -0.39 is 10.0 Å². The van der Waals surface area contributed by atoms with Gasteiger partial charge in [0.15, 0.2) is 0 Å². The molecule has 0 radical (unpaired) electrons. The van der Waals surface area contributed by atoms with Gasteiger partial charge in [0.25, 0.3) is 10.0 Å². The molecule has 1 heterocycles. The Morgan fingerprint density at radius 3 is 2.17 bits per heavy atom. The molecule has 8 heteroatoms. The minimum absolute atomic E-state index is 0.305. The Morgan fingerprint density at radius 1 is 0.966 bits per heavy atom. The molecule has 0 aliphatic rings. The molecule has 0 saturated heterocycles. The fourth-order valence-electron chi connectivity index (χ4n) is 3.59. The van der Waals surface area contributed by atoms with Crippen LogP contribution in [0.3, 0.4) is 0 Å². The Bertz CT molecular complexity index is 1180. The van der Waals surface area contributed by atoms with Crippen LogP contribution >= 0.6 is 23.2 Å². The van der Waals surface area contributed by atoms with E-state index in [2.05, 4.69) is 9.82 Å². The summed E-state index contributed by atoms with van der Waals surface area (Å²) in [5, 5.41) is 5.46. The number of hydrogen-bond donors (Lipinski definition) is 1. The van der Waals surface area contributed by atoms with Gasteiger partial charge in [-0.25, -0.2) is 8.42 Å². The van der Waals surface area contributed by atoms with Crippen molar-refractivity contribution >= 4 is 38.9 Å². The SMILES string of the molecule is Cc1cc(C)c(S(=O)(=O)Nc2c(C)nn(Cc3ccc(Cl)c(Cl)c3)c2C)c(C)c1. The maximum atomic E-state index is 13.1. The monoisotopic (exact) mass is 451 g/mol. The van der Waals surface area contributed by atoms with E-state index in [1.165, 1.54) is 0 Å². The highest BCUT2D eigenvalue weighted by atomic mass is 35.5. The number of hydrogen-bond acceptors (Lipinski definition) is 3. The molecule has 0 atom stereocenters. The van der Waals surface area contributed by atoms with Crippen molar-refractivity contribution in [3.05, 3.63) is 74.0 Å². The molecule has 3 rings (SSSR count). The number of sulfonamides is 1. The van der Waals surface area contributed by atoms with Crippen LogP contribution in [-0.4, -0.2) is 18.2 Å². The van der Waals surface area contributed by atoms with Crippen LogP contribution in [0.4, 0.5) is 5.69 Å². The summed E-state index contributed by atoms with van der Waals surface area (Å²) in [5.41, 5.74) is 5.20. The number of aryl methyl sites for hydroxylation is 4. The molecule has 0 spiro atoms. The first-order valence-electron chi connectivity index (χ1n) is 9.08. The number of rotatable bonds is 5.